The van der Waals surface area contributed by atoms with Crippen molar-refractivity contribution in [1.29, 1.82) is 0 Å². The lowest BCUT2D eigenvalue weighted by Crippen LogP contribution is -2.34. The molecular weight excluding hydrogens is 426 g/mol. The van der Waals surface area contributed by atoms with Gasteiger partial charge in [0.25, 0.3) is 0 Å². The number of nitrogens with zero attached hydrogens (tertiary/aromatic N) is 1. The molecule has 3 aliphatic rings. The summed E-state index contributed by atoms with van der Waals surface area (Å²) in [4.78, 5) is 26.3. The molecule has 4 nitrogen and oxygen atoms in total. The van der Waals surface area contributed by atoms with Crippen molar-refractivity contribution in [2.24, 2.45) is 17.8 Å². The molecule has 2 saturated carbocycles. The van der Waals surface area contributed by atoms with E-state index in [1.54, 1.807) is 11.5 Å². The number of benzene rings is 1. The molecule has 5 atom stereocenters. The third-order valence-electron chi connectivity index (χ3n) is 7.42. The molecule has 0 N–H and O–H groups in total. The molecule has 2 aromatic rings. The number of thiazole rings is 1. The van der Waals surface area contributed by atoms with Crippen molar-refractivity contribution in [2.75, 3.05) is 6.61 Å². The molecule has 2 aliphatic carbocycles. The van der Waals surface area contributed by atoms with Gasteiger partial charge in [-0.05, 0) is 60.5 Å². The van der Waals surface area contributed by atoms with Gasteiger partial charge in [0.2, 0.25) is 0 Å². The van der Waals surface area contributed by atoms with Crippen LogP contribution in [-0.2, 0) is 21.5 Å². The summed E-state index contributed by atoms with van der Waals surface area (Å²) < 4.78 is 6.83. The zero-order valence-electron chi connectivity index (χ0n) is 18.7. The van der Waals surface area contributed by atoms with Crippen LogP contribution in [0.1, 0.15) is 68.9 Å². The summed E-state index contributed by atoms with van der Waals surface area (Å²) in [5.74, 6) is 2.00. The molecule has 2 fully saturated rings. The largest absolute Gasteiger partial charge is 0.465 e. The molecular formula is C25H31NO3S2. The normalized spacial score (nSPS) is 29.0. The SMILES string of the molecule is CCOC(=O)Cn1c2c(sc1=O)[C@@H](c1ccc(C(C)(C)C)cc1)[C@@H]1[C@H]3CC[C@@H](C3)[C@H]1S2. The smallest absolute Gasteiger partial charge is 0.326 e. The molecule has 6 heteroatoms. The van der Waals surface area contributed by atoms with Crippen LogP contribution in [-0.4, -0.2) is 22.4 Å². The van der Waals surface area contributed by atoms with Crippen molar-refractivity contribution < 1.29 is 9.53 Å². The molecule has 1 aromatic carbocycles. The summed E-state index contributed by atoms with van der Waals surface area (Å²) in [5.41, 5.74) is 2.77. The quantitative estimate of drug-likeness (QED) is 0.575. The van der Waals surface area contributed by atoms with Crippen molar-refractivity contribution in [1.82, 2.24) is 4.57 Å². The summed E-state index contributed by atoms with van der Waals surface area (Å²) in [6.07, 6.45) is 3.93. The first-order valence-electron chi connectivity index (χ1n) is 11.4. The topological polar surface area (TPSA) is 48.3 Å². The first-order chi connectivity index (χ1) is 14.8. The third-order valence-corrected chi connectivity index (χ3v) is 10.2. The van der Waals surface area contributed by atoms with Gasteiger partial charge in [0.1, 0.15) is 6.54 Å². The number of hydrogen-bond donors (Lipinski definition) is 0. The van der Waals surface area contributed by atoms with E-state index in [-0.39, 0.29) is 28.7 Å². The highest BCUT2D eigenvalue weighted by atomic mass is 32.2. The predicted molar refractivity (Wildman–Crippen MR) is 126 cm³/mol. The average molecular weight is 458 g/mol. The van der Waals surface area contributed by atoms with Crippen LogP contribution in [0.2, 0.25) is 0 Å². The van der Waals surface area contributed by atoms with E-state index in [0.29, 0.717) is 17.8 Å². The molecule has 0 saturated heterocycles. The highest BCUT2D eigenvalue weighted by Crippen LogP contribution is 2.64. The van der Waals surface area contributed by atoms with Crippen molar-refractivity contribution in [2.45, 2.75) is 75.1 Å². The minimum absolute atomic E-state index is 0.0205. The molecule has 0 unspecified atom stereocenters. The molecule has 2 heterocycles. The van der Waals surface area contributed by atoms with E-state index in [1.807, 2.05) is 11.8 Å². The molecule has 1 aliphatic heterocycles. The summed E-state index contributed by atoms with van der Waals surface area (Å²) in [5, 5.41) is 1.56. The van der Waals surface area contributed by atoms with E-state index in [4.69, 9.17) is 4.74 Å². The van der Waals surface area contributed by atoms with E-state index in [1.165, 1.54) is 41.7 Å². The Morgan fingerprint density at radius 3 is 2.55 bits per heavy atom. The van der Waals surface area contributed by atoms with Crippen LogP contribution in [0.4, 0.5) is 0 Å². The fraction of sp³-hybridized carbons (Fsp3) is 0.600. The number of fused-ring (bicyclic) bond motifs is 6. The highest BCUT2D eigenvalue weighted by Gasteiger charge is 2.55. The summed E-state index contributed by atoms with van der Waals surface area (Å²) in [6, 6.07) is 9.09. The maximum atomic E-state index is 13.0. The number of carbonyl (C=O) groups is 1. The minimum atomic E-state index is -0.327. The van der Waals surface area contributed by atoms with Crippen molar-refractivity contribution in [3.8, 4) is 0 Å². The van der Waals surface area contributed by atoms with Gasteiger partial charge in [0, 0.05) is 16.0 Å². The first kappa shape index (κ1) is 21.3. The average Bonchev–Trinajstić information content (AvgIpc) is 3.41. The number of aromatic nitrogens is 1. The summed E-state index contributed by atoms with van der Waals surface area (Å²) in [6.45, 7) is 8.88. The van der Waals surface area contributed by atoms with E-state index in [2.05, 4.69) is 45.0 Å². The second-order valence-corrected chi connectivity index (χ2v) is 12.4. The zero-order chi connectivity index (χ0) is 21.9. The van der Waals surface area contributed by atoms with E-state index in [9.17, 15) is 9.59 Å². The summed E-state index contributed by atoms with van der Waals surface area (Å²) in [7, 11) is 0. The number of esters is 1. The Kier molecular flexibility index (Phi) is 5.37. The lowest BCUT2D eigenvalue weighted by Gasteiger charge is -2.40. The first-order valence-corrected chi connectivity index (χ1v) is 13.1. The fourth-order valence-corrected chi connectivity index (χ4v) is 9.14. The molecule has 0 spiro atoms. The van der Waals surface area contributed by atoms with Gasteiger partial charge in [-0.3, -0.25) is 14.2 Å². The Morgan fingerprint density at radius 1 is 1.16 bits per heavy atom. The van der Waals surface area contributed by atoms with Crippen LogP contribution in [0.25, 0.3) is 0 Å². The second-order valence-electron chi connectivity index (χ2n) is 10.3. The van der Waals surface area contributed by atoms with Gasteiger partial charge in [0.15, 0.2) is 0 Å². The number of hydrogen-bond acceptors (Lipinski definition) is 5. The molecule has 0 radical (unpaired) electrons. The Labute approximate surface area is 192 Å². The molecule has 2 bridgehead atoms. The van der Waals surface area contributed by atoms with Gasteiger partial charge in [0.05, 0.1) is 11.6 Å². The van der Waals surface area contributed by atoms with Crippen LogP contribution >= 0.6 is 23.1 Å². The summed E-state index contributed by atoms with van der Waals surface area (Å²) >= 11 is 3.21. The predicted octanol–water partition coefficient (Wildman–Crippen LogP) is 5.42. The highest BCUT2D eigenvalue weighted by molar-refractivity contribution is 8.00. The maximum Gasteiger partial charge on any atom is 0.326 e. The van der Waals surface area contributed by atoms with Crippen LogP contribution in [0, 0.1) is 17.8 Å². The molecule has 31 heavy (non-hydrogen) atoms. The van der Waals surface area contributed by atoms with Crippen molar-refractivity contribution >= 4 is 29.1 Å². The number of rotatable bonds is 4. The van der Waals surface area contributed by atoms with Gasteiger partial charge in [-0.25, -0.2) is 0 Å². The van der Waals surface area contributed by atoms with Crippen LogP contribution in [0.3, 0.4) is 0 Å². The van der Waals surface area contributed by atoms with Gasteiger partial charge in [-0.15, -0.1) is 11.8 Å². The Morgan fingerprint density at radius 2 is 1.87 bits per heavy atom. The van der Waals surface area contributed by atoms with E-state index in [0.717, 1.165) is 21.7 Å². The second kappa shape index (κ2) is 7.80. The van der Waals surface area contributed by atoms with Crippen molar-refractivity contribution in [3.63, 3.8) is 0 Å². The minimum Gasteiger partial charge on any atom is -0.465 e. The van der Waals surface area contributed by atoms with Gasteiger partial charge in [-0.1, -0.05) is 56.4 Å². The van der Waals surface area contributed by atoms with E-state index < -0.39 is 0 Å². The number of carbonyl (C=O) groups excluding carboxylic acids is 1. The molecule has 5 rings (SSSR count). The number of ether oxygens (including phenoxy) is 1. The number of thioether (sulfide) groups is 1. The molecule has 1 aromatic heterocycles. The standard InChI is InChI=1S/C25H31NO3S2/c1-5-29-18(27)13-26-23-22(31-24(26)28)19(14-8-10-17(11-9-14)25(2,3)4)20-15-6-7-16(12-15)21(20)30-23/h8-11,15-16,19-21H,5-7,12-13H2,1-4H3/t15-,16-,19-,20-,21+/m0/s1. The lowest BCUT2D eigenvalue weighted by atomic mass is 9.74. The zero-order valence-corrected chi connectivity index (χ0v) is 20.4. The monoisotopic (exact) mass is 457 g/mol. The molecule has 166 valence electrons. The van der Waals surface area contributed by atoms with Gasteiger partial charge in [-0.2, -0.15) is 0 Å². The van der Waals surface area contributed by atoms with Gasteiger partial charge >= 0.3 is 10.8 Å². The van der Waals surface area contributed by atoms with Gasteiger partial charge < -0.3 is 4.74 Å². The molecule has 0 amide bonds. The van der Waals surface area contributed by atoms with Crippen LogP contribution < -0.4 is 4.87 Å². The van der Waals surface area contributed by atoms with Crippen molar-refractivity contribution in [3.05, 3.63) is 49.9 Å². The lowest BCUT2D eigenvalue weighted by molar-refractivity contribution is -0.144. The Hall–Kier alpha value is -1.53. The third kappa shape index (κ3) is 3.60. The fourth-order valence-electron chi connectivity index (χ4n) is 5.99. The Bertz CT molecular complexity index is 1050. The van der Waals surface area contributed by atoms with E-state index >= 15 is 0 Å². The van der Waals surface area contributed by atoms with Crippen LogP contribution in [0.15, 0.2) is 34.1 Å². The Balaban J connectivity index is 1.59. The van der Waals surface area contributed by atoms with Crippen LogP contribution in [0.5, 0.6) is 0 Å². The maximum absolute atomic E-state index is 13.0.